The molecule has 0 radical (unpaired) electrons. The monoisotopic (exact) mass is 400 g/mol. The van der Waals surface area contributed by atoms with Crippen LogP contribution in [0.3, 0.4) is 0 Å². The maximum atomic E-state index is 14.2. The standard InChI is InChI=1S/C24H22BFN2O2/c1-14-20(21-12-18(25)13-22(26)23(21)28-14)9-10-27-24(30)16-7-5-15(6-8-16)17-3-2-4-19(29)11-17/h2-8,11-13,28-29H,9-10,25H2,1H3,(H,27,30). The van der Waals surface area contributed by atoms with Crippen molar-refractivity contribution >= 4 is 30.1 Å². The number of H-pyrrole nitrogens is 1. The molecule has 0 aliphatic rings. The zero-order valence-corrected chi connectivity index (χ0v) is 16.9. The lowest BCUT2D eigenvalue weighted by atomic mass is 9.93. The molecule has 6 heteroatoms. The minimum atomic E-state index is -0.254. The predicted octanol–water partition coefficient (Wildman–Crippen LogP) is 3.22. The number of hydrogen-bond donors (Lipinski definition) is 3. The number of fused-ring (bicyclic) bond motifs is 1. The van der Waals surface area contributed by atoms with Gasteiger partial charge in [-0.3, -0.25) is 4.79 Å². The van der Waals surface area contributed by atoms with Gasteiger partial charge in [0.15, 0.2) is 0 Å². The van der Waals surface area contributed by atoms with Crippen molar-refractivity contribution in [3.63, 3.8) is 0 Å². The van der Waals surface area contributed by atoms with Gasteiger partial charge in [0.1, 0.15) is 19.4 Å². The zero-order valence-electron chi connectivity index (χ0n) is 16.9. The van der Waals surface area contributed by atoms with Gasteiger partial charge in [-0.05, 0) is 60.4 Å². The van der Waals surface area contributed by atoms with Crippen LogP contribution in [0.4, 0.5) is 4.39 Å². The van der Waals surface area contributed by atoms with Crippen LogP contribution in [0.1, 0.15) is 21.6 Å². The molecular weight excluding hydrogens is 378 g/mol. The highest BCUT2D eigenvalue weighted by Gasteiger charge is 2.13. The molecule has 1 amide bonds. The van der Waals surface area contributed by atoms with Crippen molar-refractivity contribution in [3.05, 3.63) is 83.3 Å². The summed E-state index contributed by atoms with van der Waals surface area (Å²) < 4.78 is 14.2. The molecular formula is C24H22BFN2O2. The minimum Gasteiger partial charge on any atom is -0.508 e. The first-order valence-corrected chi connectivity index (χ1v) is 9.87. The van der Waals surface area contributed by atoms with Crippen LogP contribution in [0.15, 0.2) is 60.7 Å². The topological polar surface area (TPSA) is 65.1 Å². The number of hydrogen-bond acceptors (Lipinski definition) is 2. The average molecular weight is 400 g/mol. The van der Waals surface area contributed by atoms with Gasteiger partial charge >= 0.3 is 0 Å². The lowest BCUT2D eigenvalue weighted by Crippen LogP contribution is -2.25. The number of phenols is 1. The van der Waals surface area contributed by atoms with E-state index in [1.165, 1.54) is 6.07 Å². The molecule has 3 N–H and O–H groups in total. The normalized spacial score (nSPS) is 11.0. The van der Waals surface area contributed by atoms with Gasteiger partial charge in [-0.15, -0.1) is 0 Å². The van der Waals surface area contributed by atoms with Gasteiger partial charge in [0.25, 0.3) is 5.91 Å². The minimum absolute atomic E-state index is 0.155. The number of halogens is 1. The molecule has 4 nitrogen and oxygen atoms in total. The quantitative estimate of drug-likeness (QED) is 0.451. The van der Waals surface area contributed by atoms with Crippen LogP contribution in [0, 0.1) is 12.7 Å². The Morgan fingerprint density at radius 2 is 1.87 bits per heavy atom. The summed E-state index contributed by atoms with van der Waals surface area (Å²) in [6.07, 6.45) is 0.613. The molecule has 3 aromatic carbocycles. The van der Waals surface area contributed by atoms with Crippen LogP contribution in [0.5, 0.6) is 5.75 Å². The molecule has 4 rings (SSSR count). The van der Waals surface area contributed by atoms with Crippen LogP contribution >= 0.6 is 0 Å². The third kappa shape index (κ3) is 3.94. The Bertz CT molecular complexity index is 1230. The summed E-state index contributed by atoms with van der Waals surface area (Å²) in [5, 5.41) is 13.4. The lowest BCUT2D eigenvalue weighted by Gasteiger charge is -2.08. The number of carbonyl (C=O) groups is 1. The molecule has 0 saturated carbocycles. The van der Waals surface area contributed by atoms with E-state index in [1.807, 2.05) is 39.0 Å². The largest absolute Gasteiger partial charge is 0.508 e. The molecule has 0 aliphatic carbocycles. The SMILES string of the molecule is Bc1cc(F)c2[nH]c(C)c(CCNC(=O)c3ccc(-c4cccc(O)c4)cc3)c2c1. The third-order valence-electron chi connectivity index (χ3n) is 5.31. The Kier molecular flexibility index (Phi) is 5.32. The molecule has 30 heavy (non-hydrogen) atoms. The number of benzene rings is 3. The predicted molar refractivity (Wildman–Crippen MR) is 121 cm³/mol. The Labute approximate surface area is 175 Å². The first-order valence-electron chi connectivity index (χ1n) is 9.87. The molecule has 0 bridgehead atoms. The number of aromatic amines is 1. The summed E-state index contributed by atoms with van der Waals surface area (Å²) in [5.74, 6) is -0.204. The molecule has 4 aromatic rings. The van der Waals surface area contributed by atoms with E-state index < -0.39 is 0 Å². The van der Waals surface area contributed by atoms with Gasteiger partial charge in [-0.1, -0.05) is 35.8 Å². The number of aromatic nitrogens is 1. The van der Waals surface area contributed by atoms with E-state index in [4.69, 9.17) is 0 Å². The number of aryl methyl sites for hydroxylation is 1. The van der Waals surface area contributed by atoms with E-state index in [2.05, 4.69) is 10.3 Å². The highest BCUT2D eigenvalue weighted by Crippen LogP contribution is 2.25. The van der Waals surface area contributed by atoms with E-state index in [1.54, 1.807) is 30.3 Å². The van der Waals surface area contributed by atoms with E-state index in [-0.39, 0.29) is 17.5 Å². The fourth-order valence-electron chi connectivity index (χ4n) is 3.80. The lowest BCUT2D eigenvalue weighted by molar-refractivity contribution is 0.0954. The van der Waals surface area contributed by atoms with Crippen LogP contribution in [0.25, 0.3) is 22.0 Å². The van der Waals surface area contributed by atoms with Crippen LogP contribution in [0.2, 0.25) is 0 Å². The van der Waals surface area contributed by atoms with E-state index in [0.717, 1.165) is 33.2 Å². The average Bonchev–Trinajstić information content (AvgIpc) is 3.04. The number of carbonyl (C=O) groups excluding carboxylic acids is 1. The molecule has 1 aromatic heterocycles. The van der Waals surface area contributed by atoms with Crippen LogP contribution in [-0.4, -0.2) is 30.4 Å². The van der Waals surface area contributed by atoms with Gasteiger partial charge in [0.05, 0.1) is 5.52 Å². The fraction of sp³-hybridized carbons (Fsp3) is 0.125. The number of aromatic hydroxyl groups is 1. The van der Waals surface area contributed by atoms with Crippen molar-refractivity contribution in [1.29, 1.82) is 0 Å². The number of nitrogens with one attached hydrogen (secondary N) is 2. The van der Waals surface area contributed by atoms with E-state index >= 15 is 0 Å². The maximum Gasteiger partial charge on any atom is 0.251 e. The van der Waals surface area contributed by atoms with E-state index in [9.17, 15) is 14.3 Å². The third-order valence-corrected chi connectivity index (χ3v) is 5.31. The highest BCUT2D eigenvalue weighted by molar-refractivity contribution is 6.33. The van der Waals surface area contributed by atoms with Gasteiger partial charge in [-0.2, -0.15) is 0 Å². The summed E-state index contributed by atoms with van der Waals surface area (Å²) in [6.45, 7) is 2.38. The summed E-state index contributed by atoms with van der Waals surface area (Å²) in [6, 6.07) is 17.7. The summed E-state index contributed by atoms with van der Waals surface area (Å²) in [4.78, 5) is 15.6. The van der Waals surface area contributed by atoms with Gasteiger partial charge in [0.2, 0.25) is 0 Å². The first-order chi connectivity index (χ1) is 14.4. The van der Waals surface area contributed by atoms with E-state index in [0.29, 0.717) is 24.0 Å². The summed E-state index contributed by atoms with van der Waals surface area (Å²) in [7, 11) is 1.87. The molecule has 0 saturated heterocycles. The Morgan fingerprint density at radius 3 is 2.60 bits per heavy atom. The van der Waals surface area contributed by atoms with Crippen molar-refractivity contribution < 1.29 is 14.3 Å². The second-order valence-electron chi connectivity index (χ2n) is 7.53. The molecule has 0 unspecified atom stereocenters. The van der Waals surface area contributed by atoms with Crippen LogP contribution in [-0.2, 0) is 6.42 Å². The van der Waals surface area contributed by atoms with Crippen molar-refractivity contribution in [2.24, 2.45) is 0 Å². The van der Waals surface area contributed by atoms with Gasteiger partial charge in [-0.25, -0.2) is 4.39 Å². The number of amides is 1. The first kappa shape index (κ1) is 19.8. The maximum absolute atomic E-state index is 14.2. The number of rotatable bonds is 5. The molecule has 1 heterocycles. The molecule has 0 fully saturated rings. The fourth-order valence-corrected chi connectivity index (χ4v) is 3.80. The van der Waals surface area contributed by atoms with Gasteiger partial charge in [0, 0.05) is 23.2 Å². The number of phenolic OH excluding ortho intramolecular Hbond substituents is 1. The summed E-state index contributed by atoms with van der Waals surface area (Å²) >= 11 is 0. The Balaban J connectivity index is 1.43. The van der Waals surface area contributed by atoms with Crippen LogP contribution < -0.4 is 10.8 Å². The second kappa shape index (κ2) is 8.07. The van der Waals surface area contributed by atoms with Crippen molar-refractivity contribution in [2.45, 2.75) is 13.3 Å². The zero-order chi connectivity index (χ0) is 21.3. The molecule has 0 atom stereocenters. The van der Waals surface area contributed by atoms with Crippen molar-refractivity contribution in [1.82, 2.24) is 10.3 Å². The van der Waals surface area contributed by atoms with Crippen molar-refractivity contribution in [2.75, 3.05) is 6.54 Å². The summed E-state index contributed by atoms with van der Waals surface area (Å²) in [5.41, 5.74) is 5.70. The Hall–Kier alpha value is -3.54. The Morgan fingerprint density at radius 1 is 1.10 bits per heavy atom. The van der Waals surface area contributed by atoms with Gasteiger partial charge < -0.3 is 15.4 Å². The molecule has 150 valence electrons. The smallest absolute Gasteiger partial charge is 0.251 e. The molecule has 0 spiro atoms. The highest BCUT2D eigenvalue weighted by atomic mass is 19.1. The molecule has 0 aliphatic heterocycles. The van der Waals surface area contributed by atoms with Crippen molar-refractivity contribution in [3.8, 4) is 16.9 Å². The second-order valence-corrected chi connectivity index (χ2v) is 7.53.